The molecule has 1 amide bonds. The van der Waals surface area contributed by atoms with Crippen molar-refractivity contribution in [2.24, 2.45) is 0 Å². The van der Waals surface area contributed by atoms with Crippen molar-refractivity contribution in [3.05, 3.63) is 53.7 Å². The fourth-order valence-corrected chi connectivity index (χ4v) is 2.89. The number of nitrogens with zero attached hydrogens (tertiary/aromatic N) is 2. The van der Waals surface area contributed by atoms with Crippen LogP contribution in [-0.4, -0.2) is 30.5 Å². The average molecular weight is 324 g/mol. The molecular weight excluding hydrogens is 300 g/mol. The molecule has 1 aromatic heterocycles. The average Bonchev–Trinajstić information content (AvgIpc) is 3.15. The molecule has 1 aliphatic rings. The topological polar surface area (TPSA) is 57.3 Å². The van der Waals surface area contributed by atoms with E-state index in [0.29, 0.717) is 5.56 Å². The molecule has 5 heteroatoms. The van der Waals surface area contributed by atoms with E-state index in [1.807, 2.05) is 36.4 Å². The minimum absolute atomic E-state index is 0.129. The predicted molar refractivity (Wildman–Crippen MR) is 97.5 cm³/mol. The molecule has 126 valence electrons. The number of hydrogen-bond acceptors (Lipinski definition) is 4. The van der Waals surface area contributed by atoms with Gasteiger partial charge in [0.15, 0.2) is 0 Å². The third kappa shape index (κ3) is 4.11. The first-order valence-electron chi connectivity index (χ1n) is 8.58. The van der Waals surface area contributed by atoms with E-state index in [9.17, 15) is 4.79 Å². The third-order valence-electron chi connectivity index (χ3n) is 4.20. The Kier molecular flexibility index (Phi) is 5.43. The second-order valence-electron chi connectivity index (χ2n) is 6.03. The Balaban J connectivity index is 1.64. The second-order valence-corrected chi connectivity index (χ2v) is 6.03. The van der Waals surface area contributed by atoms with Crippen LogP contribution in [0.15, 0.2) is 42.6 Å². The van der Waals surface area contributed by atoms with Crippen molar-refractivity contribution >= 4 is 17.4 Å². The van der Waals surface area contributed by atoms with Crippen molar-refractivity contribution in [3.63, 3.8) is 0 Å². The van der Waals surface area contributed by atoms with Crippen molar-refractivity contribution in [2.45, 2.75) is 26.3 Å². The zero-order valence-electron chi connectivity index (χ0n) is 14.1. The summed E-state index contributed by atoms with van der Waals surface area (Å²) in [6.07, 6.45) is 4.09. The Labute approximate surface area is 143 Å². The van der Waals surface area contributed by atoms with Gasteiger partial charge in [0.2, 0.25) is 0 Å². The lowest BCUT2D eigenvalue weighted by Gasteiger charge is -2.16. The van der Waals surface area contributed by atoms with E-state index in [4.69, 9.17) is 0 Å². The Morgan fingerprint density at radius 2 is 2.04 bits per heavy atom. The Bertz CT molecular complexity index is 678. The van der Waals surface area contributed by atoms with Crippen LogP contribution in [0.3, 0.4) is 0 Å². The maximum Gasteiger partial charge on any atom is 0.257 e. The number of carbonyl (C=O) groups excluding carboxylic acids is 1. The van der Waals surface area contributed by atoms with Crippen molar-refractivity contribution in [1.82, 2.24) is 10.3 Å². The molecule has 5 nitrogen and oxygen atoms in total. The highest BCUT2D eigenvalue weighted by atomic mass is 16.1. The van der Waals surface area contributed by atoms with Crippen LogP contribution in [0.5, 0.6) is 0 Å². The highest BCUT2D eigenvalue weighted by molar-refractivity contribution is 6.04. The maximum atomic E-state index is 12.4. The monoisotopic (exact) mass is 324 g/mol. The molecule has 1 aromatic carbocycles. The van der Waals surface area contributed by atoms with Gasteiger partial charge in [-0.15, -0.1) is 0 Å². The third-order valence-corrected chi connectivity index (χ3v) is 4.20. The molecule has 0 spiro atoms. The van der Waals surface area contributed by atoms with E-state index in [0.717, 1.165) is 43.2 Å². The quantitative estimate of drug-likeness (QED) is 0.857. The van der Waals surface area contributed by atoms with E-state index < -0.39 is 0 Å². The normalized spacial score (nSPS) is 14.0. The number of nitrogens with one attached hydrogen (secondary N) is 2. The number of carbonyl (C=O) groups is 1. The summed E-state index contributed by atoms with van der Waals surface area (Å²) in [6, 6.07) is 11.7. The molecule has 0 bridgehead atoms. The predicted octanol–water partition coefficient (Wildman–Crippen LogP) is 3.04. The van der Waals surface area contributed by atoms with Gasteiger partial charge in [-0.2, -0.15) is 0 Å². The summed E-state index contributed by atoms with van der Waals surface area (Å²) in [5.41, 5.74) is 2.53. The first kappa shape index (κ1) is 16.5. The number of hydrogen-bond donors (Lipinski definition) is 2. The minimum Gasteiger partial charge on any atom is -0.357 e. The Morgan fingerprint density at radius 1 is 1.21 bits per heavy atom. The SMILES string of the molecule is CCNCc1cccc(NC(=O)c2ccc(N3CCCC3)nc2)c1. The minimum atomic E-state index is -0.129. The van der Waals surface area contributed by atoms with Crippen LogP contribution in [0.1, 0.15) is 35.7 Å². The van der Waals surface area contributed by atoms with E-state index in [-0.39, 0.29) is 5.91 Å². The Hall–Kier alpha value is -2.40. The van der Waals surface area contributed by atoms with E-state index >= 15 is 0 Å². The van der Waals surface area contributed by atoms with Crippen LogP contribution in [0.25, 0.3) is 0 Å². The van der Waals surface area contributed by atoms with Crippen molar-refractivity contribution < 1.29 is 4.79 Å². The molecule has 3 rings (SSSR count). The zero-order valence-corrected chi connectivity index (χ0v) is 14.1. The van der Waals surface area contributed by atoms with Gasteiger partial charge in [-0.25, -0.2) is 4.98 Å². The van der Waals surface area contributed by atoms with E-state index in [2.05, 4.69) is 27.4 Å². The molecule has 0 atom stereocenters. The number of anilines is 2. The summed E-state index contributed by atoms with van der Waals surface area (Å²) >= 11 is 0. The van der Waals surface area contributed by atoms with Gasteiger partial charge in [0.1, 0.15) is 5.82 Å². The van der Waals surface area contributed by atoms with Crippen LogP contribution in [-0.2, 0) is 6.54 Å². The summed E-state index contributed by atoms with van der Waals surface area (Å²) in [5.74, 6) is 0.827. The van der Waals surface area contributed by atoms with Crippen molar-refractivity contribution in [1.29, 1.82) is 0 Å². The van der Waals surface area contributed by atoms with Gasteiger partial charge in [-0.1, -0.05) is 19.1 Å². The van der Waals surface area contributed by atoms with Crippen LogP contribution < -0.4 is 15.5 Å². The highest BCUT2D eigenvalue weighted by Crippen LogP contribution is 2.18. The van der Waals surface area contributed by atoms with Gasteiger partial charge < -0.3 is 15.5 Å². The maximum absolute atomic E-state index is 12.4. The molecule has 1 fully saturated rings. The smallest absolute Gasteiger partial charge is 0.257 e. The van der Waals surface area contributed by atoms with Gasteiger partial charge in [0.25, 0.3) is 5.91 Å². The molecule has 2 aromatic rings. The fraction of sp³-hybridized carbons (Fsp3) is 0.368. The molecule has 0 saturated carbocycles. The second kappa shape index (κ2) is 7.93. The van der Waals surface area contributed by atoms with Crippen LogP contribution in [0, 0.1) is 0 Å². The first-order valence-corrected chi connectivity index (χ1v) is 8.58. The summed E-state index contributed by atoms with van der Waals surface area (Å²) in [6.45, 7) is 5.90. The van der Waals surface area contributed by atoms with Gasteiger partial charge >= 0.3 is 0 Å². The standard InChI is InChI=1S/C19H24N4O/c1-2-20-13-15-6-5-7-17(12-15)22-19(24)16-8-9-18(21-14-16)23-10-3-4-11-23/h5-9,12,14,20H,2-4,10-11,13H2,1H3,(H,22,24). The molecule has 0 aliphatic carbocycles. The molecule has 2 heterocycles. The van der Waals surface area contributed by atoms with Gasteiger partial charge in [0.05, 0.1) is 5.56 Å². The van der Waals surface area contributed by atoms with Crippen LogP contribution in [0.2, 0.25) is 0 Å². The number of amides is 1. The molecular formula is C19H24N4O. The molecule has 2 N–H and O–H groups in total. The summed E-state index contributed by atoms with van der Waals surface area (Å²) in [4.78, 5) is 19.1. The molecule has 1 aliphatic heterocycles. The molecule has 24 heavy (non-hydrogen) atoms. The van der Waals surface area contributed by atoms with E-state index in [1.165, 1.54) is 12.8 Å². The summed E-state index contributed by atoms with van der Waals surface area (Å²) in [7, 11) is 0. The van der Waals surface area contributed by atoms with Gasteiger partial charge in [-0.05, 0) is 49.2 Å². The van der Waals surface area contributed by atoms with Gasteiger partial charge in [-0.3, -0.25) is 4.79 Å². The molecule has 1 saturated heterocycles. The molecule has 0 radical (unpaired) electrons. The lowest BCUT2D eigenvalue weighted by Crippen LogP contribution is -2.19. The first-order chi connectivity index (χ1) is 11.8. The lowest BCUT2D eigenvalue weighted by atomic mass is 10.2. The van der Waals surface area contributed by atoms with Gasteiger partial charge in [0, 0.05) is 31.5 Å². The zero-order chi connectivity index (χ0) is 16.8. The number of aromatic nitrogens is 1. The summed E-state index contributed by atoms with van der Waals surface area (Å²) < 4.78 is 0. The Morgan fingerprint density at radius 3 is 2.75 bits per heavy atom. The molecule has 0 unspecified atom stereocenters. The summed E-state index contributed by atoms with van der Waals surface area (Å²) in [5, 5.41) is 6.23. The highest BCUT2D eigenvalue weighted by Gasteiger charge is 2.14. The van der Waals surface area contributed by atoms with Crippen LogP contribution in [0.4, 0.5) is 11.5 Å². The van der Waals surface area contributed by atoms with E-state index in [1.54, 1.807) is 6.20 Å². The number of rotatable bonds is 6. The van der Waals surface area contributed by atoms with Crippen LogP contribution >= 0.6 is 0 Å². The van der Waals surface area contributed by atoms with Crippen molar-refractivity contribution in [3.8, 4) is 0 Å². The lowest BCUT2D eigenvalue weighted by molar-refractivity contribution is 0.102. The van der Waals surface area contributed by atoms with Crippen molar-refractivity contribution in [2.75, 3.05) is 29.9 Å². The number of benzene rings is 1. The number of pyridine rings is 1. The largest absolute Gasteiger partial charge is 0.357 e. The fourth-order valence-electron chi connectivity index (χ4n) is 2.89.